The fourth-order valence-corrected chi connectivity index (χ4v) is 3.55. The van der Waals surface area contributed by atoms with Gasteiger partial charge in [0.25, 0.3) is 5.91 Å². The van der Waals surface area contributed by atoms with Crippen molar-refractivity contribution in [2.75, 3.05) is 20.2 Å². The van der Waals surface area contributed by atoms with Crippen molar-refractivity contribution in [3.05, 3.63) is 21.4 Å². The van der Waals surface area contributed by atoms with Gasteiger partial charge < -0.3 is 10.0 Å². The number of hydrogen-bond acceptors (Lipinski definition) is 3. The van der Waals surface area contributed by atoms with Gasteiger partial charge in [0.1, 0.15) is 0 Å². The normalized spacial score (nSPS) is 18.9. The number of amides is 1. The first-order chi connectivity index (χ1) is 8.13. The zero-order valence-electron chi connectivity index (χ0n) is 10.4. The van der Waals surface area contributed by atoms with Gasteiger partial charge in [0, 0.05) is 23.8 Å². The van der Waals surface area contributed by atoms with Gasteiger partial charge in [0.2, 0.25) is 0 Å². The summed E-state index contributed by atoms with van der Waals surface area (Å²) in [5.41, 5.74) is 2.11. The van der Waals surface area contributed by atoms with Crippen molar-refractivity contribution in [1.82, 2.24) is 4.90 Å². The Kier molecular flexibility index (Phi) is 3.84. The number of aliphatic hydroxyl groups is 1. The summed E-state index contributed by atoms with van der Waals surface area (Å²) in [5, 5.41) is 10.8. The van der Waals surface area contributed by atoms with E-state index < -0.39 is 0 Å². The van der Waals surface area contributed by atoms with Crippen molar-refractivity contribution >= 4 is 17.2 Å². The lowest BCUT2D eigenvalue weighted by atomic mass is 9.88. The van der Waals surface area contributed by atoms with Crippen LogP contribution in [-0.4, -0.2) is 36.1 Å². The maximum Gasteiger partial charge on any atom is 0.254 e. The van der Waals surface area contributed by atoms with Crippen molar-refractivity contribution in [2.24, 2.45) is 5.92 Å². The Bertz CT molecular complexity index is 414. The van der Waals surface area contributed by atoms with Gasteiger partial charge in [0.15, 0.2) is 0 Å². The Balaban J connectivity index is 2.20. The monoisotopic (exact) mass is 253 g/mol. The average Bonchev–Trinajstić information content (AvgIpc) is 2.71. The molecule has 0 fully saturated rings. The van der Waals surface area contributed by atoms with E-state index >= 15 is 0 Å². The minimum Gasteiger partial charge on any atom is -0.395 e. The summed E-state index contributed by atoms with van der Waals surface area (Å²) in [5.74, 6) is 0.783. The highest BCUT2D eigenvalue weighted by atomic mass is 32.1. The molecule has 0 bridgehead atoms. The minimum absolute atomic E-state index is 0.0194. The largest absolute Gasteiger partial charge is 0.395 e. The number of carbonyl (C=O) groups excluding carboxylic acids is 1. The highest BCUT2D eigenvalue weighted by molar-refractivity contribution is 7.10. The standard InChI is InChI=1S/C13H19NO2S/c1-9-3-4-10-11(8-17-12(10)7-9)13(16)14(2)5-6-15/h8-9,15H,3-7H2,1-2H3. The molecule has 0 aromatic carbocycles. The highest BCUT2D eigenvalue weighted by Gasteiger charge is 2.24. The summed E-state index contributed by atoms with van der Waals surface area (Å²) in [7, 11) is 1.74. The first-order valence-electron chi connectivity index (χ1n) is 6.09. The van der Waals surface area contributed by atoms with Crippen LogP contribution in [0.15, 0.2) is 5.38 Å². The molecule has 17 heavy (non-hydrogen) atoms. The zero-order chi connectivity index (χ0) is 12.4. The van der Waals surface area contributed by atoms with Crippen molar-refractivity contribution in [3.8, 4) is 0 Å². The Morgan fingerprint density at radius 3 is 3.12 bits per heavy atom. The predicted molar refractivity (Wildman–Crippen MR) is 69.6 cm³/mol. The van der Waals surface area contributed by atoms with Gasteiger partial charge in [-0.15, -0.1) is 11.3 Å². The topological polar surface area (TPSA) is 40.5 Å². The lowest BCUT2D eigenvalue weighted by molar-refractivity contribution is 0.0766. The Morgan fingerprint density at radius 1 is 1.65 bits per heavy atom. The number of nitrogens with zero attached hydrogens (tertiary/aromatic N) is 1. The van der Waals surface area contributed by atoms with E-state index in [1.807, 2.05) is 5.38 Å². The molecule has 1 heterocycles. The maximum absolute atomic E-state index is 12.2. The van der Waals surface area contributed by atoms with E-state index in [0.29, 0.717) is 6.54 Å². The molecule has 1 aliphatic rings. The smallest absolute Gasteiger partial charge is 0.254 e. The molecule has 94 valence electrons. The third-order valence-corrected chi connectivity index (χ3v) is 4.47. The van der Waals surface area contributed by atoms with E-state index in [-0.39, 0.29) is 12.5 Å². The van der Waals surface area contributed by atoms with Gasteiger partial charge in [-0.05, 0) is 30.7 Å². The van der Waals surface area contributed by atoms with E-state index in [1.54, 1.807) is 23.3 Å². The van der Waals surface area contributed by atoms with Crippen molar-refractivity contribution in [2.45, 2.75) is 26.2 Å². The van der Waals surface area contributed by atoms with Crippen LogP contribution in [0, 0.1) is 5.92 Å². The van der Waals surface area contributed by atoms with Gasteiger partial charge in [0.05, 0.1) is 12.2 Å². The van der Waals surface area contributed by atoms with Crippen molar-refractivity contribution < 1.29 is 9.90 Å². The van der Waals surface area contributed by atoms with Crippen LogP contribution in [0.4, 0.5) is 0 Å². The Morgan fingerprint density at radius 2 is 2.41 bits per heavy atom. The molecule has 0 spiro atoms. The van der Waals surface area contributed by atoms with Gasteiger partial charge in [-0.3, -0.25) is 4.79 Å². The fourth-order valence-electron chi connectivity index (χ4n) is 2.31. The summed E-state index contributed by atoms with van der Waals surface area (Å²) in [4.78, 5) is 15.1. The van der Waals surface area contributed by atoms with Crippen LogP contribution < -0.4 is 0 Å². The SMILES string of the molecule is CC1CCc2c(C(=O)N(C)CCO)csc2C1. The molecule has 3 nitrogen and oxygen atoms in total. The summed E-state index contributed by atoms with van der Waals surface area (Å²) in [6, 6.07) is 0. The number of hydrogen-bond donors (Lipinski definition) is 1. The second kappa shape index (κ2) is 5.19. The molecule has 1 aromatic rings. The van der Waals surface area contributed by atoms with Crippen LogP contribution >= 0.6 is 11.3 Å². The number of aliphatic hydroxyl groups excluding tert-OH is 1. The van der Waals surface area contributed by atoms with Crippen LogP contribution in [0.2, 0.25) is 0 Å². The highest BCUT2D eigenvalue weighted by Crippen LogP contribution is 2.33. The zero-order valence-corrected chi connectivity index (χ0v) is 11.2. The van der Waals surface area contributed by atoms with Gasteiger partial charge in [-0.2, -0.15) is 0 Å². The first-order valence-corrected chi connectivity index (χ1v) is 6.97. The summed E-state index contributed by atoms with van der Waals surface area (Å²) >= 11 is 1.71. The molecule has 1 aromatic heterocycles. The van der Waals surface area contributed by atoms with Crippen LogP contribution in [0.5, 0.6) is 0 Å². The molecule has 1 aliphatic carbocycles. The summed E-state index contributed by atoms with van der Waals surface area (Å²) < 4.78 is 0. The molecule has 0 saturated carbocycles. The molecular formula is C13H19NO2S. The molecule has 0 radical (unpaired) electrons. The Labute approximate surface area is 106 Å². The fraction of sp³-hybridized carbons (Fsp3) is 0.615. The van der Waals surface area contributed by atoms with E-state index in [9.17, 15) is 4.79 Å². The Hall–Kier alpha value is -0.870. The quantitative estimate of drug-likeness (QED) is 0.894. The van der Waals surface area contributed by atoms with E-state index in [4.69, 9.17) is 5.11 Å². The molecule has 0 saturated heterocycles. The number of carbonyl (C=O) groups is 1. The third-order valence-electron chi connectivity index (χ3n) is 3.41. The lowest BCUT2D eigenvalue weighted by Crippen LogP contribution is -2.30. The molecule has 1 unspecified atom stereocenters. The second-order valence-corrected chi connectivity index (χ2v) is 5.81. The molecule has 0 aliphatic heterocycles. The summed E-state index contributed by atoms with van der Waals surface area (Å²) in [6.45, 7) is 2.69. The molecule has 2 rings (SSSR count). The molecule has 1 atom stereocenters. The number of fused-ring (bicyclic) bond motifs is 1. The molecule has 4 heteroatoms. The van der Waals surface area contributed by atoms with Crippen LogP contribution in [0.3, 0.4) is 0 Å². The van der Waals surface area contributed by atoms with Gasteiger partial charge in [-0.25, -0.2) is 0 Å². The van der Waals surface area contributed by atoms with Gasteiger partial charge in [-0.1, -0.05) is 6.92 Å². The van der Waals surface area contributed by atoms with Crippen molar-refractivity contribution in [1.29, 1.82) is 0 Å². The lowest BCUT2D eigenvalue weighted by Gasteiger charge is -2.20. The first kappa shape index (κ1) is 12.6. The average molecular weight is 253 g/mol. The van der Waals surface area contributed by atoms with Crippen LogP contribution in [-0.2, 0) is 12.8 Å². The van der Waals surface area contributed by atoms with Crippen LogP contribution in [0.1, 0.15) is 34.1 Å². The minimum atomic E-state index is 0.0194. The number of rotatable bonds is 3. The van der Waals surface area contributed by atoms with Crippen molar-refractivity contribution in [3.63, 3.8) is 0 Å². The molecule has 1 N–H and O–H groups in total. The molecular weight excluding hydrogens is 234 g/mol. The maximum atomic E-state index is 12.2. The summed E-state index contributed by atoms with van der Waals surface area (Å²) in [6.07, 6.45) is 3.30. The van der Waals surface area contributed by atoms with E-state index in [1.165, 1.54) is 16.9 Å². The predicted octanol–water partition coefficient (Wildman–Crippen LogP) is 1.94. The van der Waals surface area contributed by atoms with E-state index in [2.05, 4.69) is 6.92 Å². The third kappa shape index (κ3) is 2.53. The van der Waals surface area contributed by atoms with Gasteiger partial charge >= 0.3 is 0 Å². The van der Waals surface area contributed by atoms with E-state index in [0.717, 1.165) is 24.3 Å². The molecule has 1 amide bonds. The van der Waals surface area contributed by atoms with Crippen LogP contribution in [0.25, 0.3) is 0 Å². The number of thiophene rings is 1. The second-order valence-electron chi connectivity index (χ2n) is 4.85. The number of likely N-dealkylation sites (N-methyl/N-ethyl adjacent to an activating group) is 1.